The minimum Gasteiger partial charge on any atom is -0.493 e. The van der Waals surface area contributed by atoms with Gasteiger partial charge in [-0.15, -0.1) is 0 Å². The first-order valence-electron chi connectivity index (χ1n) is 9.21. The summed E-state index contributed by atoms with van der Waals surface area (Å²) in [6, 6.07) is 10.4. The second-order valence-corrected chi connectivity index (χ2v) is 6.59. The third-order valence-electron chi connectivity index (χ3n) is 4.71. The van der Waals surface area contributed by atoms with E-state index in [1.807, 2.05) is 25.1 Å². The van der Waals surface area contributed by atoms with E-state index in [0.717, 1.165) is 52.7 Å². The van der Waals surface area contributed by atoms with Gasteiger partial charge in [-0.2, -0.15) is 0 Å². The minimum absolute atomic E-state index is 0.232. The molecule has 5 nitrogen and oxygen atoms in total. The van der Waals surface area contributed by atoms with E-state index < -0.39 is 0 Å². The summed E-state index contributed by atoms with van der Waals surface area (Å²) >= 11 is 0. The van der Waals surface area contributed by atoms with Crippen LogP contribution in [0.25, 0.3) is 0 Å². The third kappa shape index (κ3) is 4.02. The Morgan fingerprint density at radius 1 is 0.926 bits per heavy atom. The van der Waals surface area contributed by atoms with E-state index in [-0.39, 0.29) is 6.04 Å². The number of rotatable bonds is 7. The Bertz CT molecular complexity index is 844. The van der Waals surface area contributed by atoms with Crippen molar-refractivity contribution in [2.45, 2.75) is 32.7 Å². The van der Waals surface area contributed by atoms with Crippen LogP contribution in [0, 0.1) is 0 Å². The van der Waals surface area contributed by atoms with Gasteiger partial charge in [0.15, 0.2) is 23.0 Å². The number of fused-ring (bicyclic) bond motifs is 1. The molecule has 0 aliphatic carbocycles. The lowest BCUT2D eigenvalue weighted by Gasteiger charge is -2.23. The third-order valence-corrected chi connectivity index (χ3v) is 4.71. The molecule has 1 heterocycles. The van der Waals surface area contributed by atoms with Gasteiger partial charge in [0, 0.05) is 17.7 Å². The highest BCUT2D eigenvalue weighted by Crippen LogP contribution is 2.35. The molecule has 27 heavy (non-hydrogen) atoms. The maximum absolute atomic E-state index is 5.62. The highest BCUT2D eigenvalue weighted by molar-refractivity contribution is 6.04. The van der Waals surface area contributed by atoms with Crippen molar-refractivity contribution >= 4 is 5.71 Å². The number of methoxy groups -OCH3 is 3. The molecule has 0 bridgehead atoms. The van der Waals surface area contributed by atoms with Crippen molar-refractivity contribution in [2.24, 2.45) is 4.99 Å². The molecule has 2 aromatic carbocycles. The van der Waals surface area contributed by atoms with Gasteiger partial charge in [-0.1, -0.05) is 6.07 Å². The summed E-state index contributed by atoms with van der Waals surface area (Å²) < 4.78 is 22.1. The smallest absolute Gasteiger partial charge is 0.161 e. The van der Waals surface area contributed by atoms with Crippen molar-refractivity contribution in [1.82, 2.24) is 0 Å². The van der Waals surface area contributed by atoms with E-state index in [4.69, 9.17) is 23.9 Å². The quantitative estimate of drug-likeness (QED) is 0.738. The molecule has 0 radical (unpaired) electrons. The Kier molecular flexibility index (Phi) is 5.89. The van der Waals surface area contributed by atoms with Gasteiger partial charge < -0.3 is 18.9 Å². The van der Waals surface area contributed by atoms with Crippen molar-refractivity contribution < 1.29 is 18.9 Å². The van der Waals surface area contributed by atoms with Crippen molar-refractivity contribution in [1.29, 1.82) is 0 Å². The molecule has 0 amide bonds. The Labute approximate surface area is 160 Å². The van der Waals surface area contributed by atoms with Crippen LogP contribution in [0.15, 0.2) is 35.3 Å². The lowest BCUT2D eigenvalue weighted by Crippen LogP contribution is -2.21. The highest BCUT2D eigenvalue weighted by atomic mass is 16.5. The first kappa shape index (κ1) is 19.1. The molecule has 0 saturated carbocycles. The fourth-order valence-electron chi connectivity index (χ4n) is 3.49. The molecule has 2 aromatic rings. The summed E-state index contributed by atoms with van der Waals surface area (Å²) in [6.45, 7) is 4.71. The van der Waals surface area contributed by atoms with Crippen LogP contribution in [0.2, 0.25) is 0 Å². The second kappa shape index (κ2) is 8.33. The Morgan fingerprint density at radius 2 is 1.59 bits per heavy atom. The molecule has 1 aliphatic rings. The Hall–Kier alpha value is -2.69. The predicted octanol–water partition coefficient (Wildman–Crippen LogP) is 4.09. The standard InChI is InChI=1S/C22H27NO4/c1-6-27-19-8-7-15(11-20(19)24-3)10-18-17-13-22(26-5)21(25-4)12-16(17)9-14(2)23-18/h7-8,11-14H,6,9-10H2,1-5H3. The van der Waals surface area contributed by atoms with E-state index in [1.54, 1.807) is 21.3 Å². The zero-order valence-corrected chi connectivity index (χ0v) is 16.7. The summed E-state index contributed by atoms with van der Waals surface area (Å²) in [4.78, 5) is 4.91. The lowest BCUT2D eigenvalue weighted by molar-refractivity contribution is 0.311. The van der Waals surface area contributed by atoms with Crippen LogP contribution in [0.5, 0.6) is 23.0 Å². The first-order valence-corrected chi connectivity index (χ1v) is 9.21. The Morgan fingerprint density at radius 3 is 2.26 bits per heavy atom. The van der Waals surface area contributed by atoms with Crippen LogP contribution in [-0.2, 0) is 12.8 Å². The van der Waals surface area contributed by atoms with Gasteiger partial charge in [0.25, 0.3) is 0 Å². The second-order valence-electron chi connectivity index (χ2n) is 6.59. The Balaban J connectivity index is 1.96. The summed E-state index contributed by atoms with van der Waals surface area (Å²) in [6.07, 6.45) is 1.61. The summed E-state index contributed by atoms with van der Waals surface area (Å²) in [5.41, 5.74) is 4.54. The van der Waals surface area contributed by atoms with Gasteiger partial charge in [0.1, 0.15) is 0 Å². The van der Waals surface area contributed by atoms with Gasteiger partial charge in [0.2, 0.25) is 0 Å². The molecule has 1 aliphatic heterocycles. The number of nitrogens with zero attached hydrogens (tertiary/aromatic N) is 1. The molecule has 1 atom stereocenters. The molecular formula is C22H27NO4. The molecule has 1 unspecified atom stereocenters. The summed E-state index contributed by atoms with van der Waals surface area (Å²) in [7, 11) is 4.98. The average Bonchev–Trinajstić information content (AvgIpc) is 2.68. The predicted molar refractivity (Wildman–Crippen MR) is 107 cm³/mol. The van der Waals surface area contributed by atoms with E-state index in [2.05, 4.69) is 19.1 Å². The zero-order chi connectivity index (χ0) is 19.4. The zero-order valence-electron chi connectivity index (χ0n) is 16.7. The van der Waals surface area contributed by atoms with E-state index >= 15 is 0 Å². The van der Waals surface area contributed by atoms with Crippen molar-refractivity contribution in [3.63, 3.8) is 0 Å². The monoisotopic (exact) mass is 369 g/mol. The molecule has 0 N–H and O–H groups in total. The molecular weight excluding hydrogens is 342 g/mol. The van der Waals surface area contributed by atoms with Gasteiger partial charge >= 0.3 is 0 Å². The van der Waals surface area contributed by atoms with Crippen LogP contribution < -0.4 is 18.9 Å². The molecule has 144 valence electrons. The average molecular weight is 369 g/mol. The molecule has 0 spiro atoms. The van der Waals surface area contributed by atoms with E-state index in [1.165, 1.54) is 5.56 Å². The van der Waals surface area contributed by atoms with Crippen LogP contribution in [0.1, 0.15) is 30.5 Å². The van der Waals surface area contributed by atoms with Gasteiger partial charge in [0.05, 0.1) is 34.0 Å². The summed E-state index contributed by atoms with van der Waals surface area (Å²) in [5, 5.41) is 0. The topological polar surface area (TPSA) is 49.3 Å². The van der Waals surface area contributed by atoms with Crippen LogP contribution >= 0.6 is 0 Å². The number of hydrogen-bond acceptors (Lipinski definition) is 5. The fraction of sp³-hybridized carbons (Fsp3) is 0.409. The maximum atomic E-state index is 5.62. The van der Waals surface area contributed by atoms with Crippen molar-refractivity contribution in [2.75, 3.05) is 27.9 Å². The van der Waals surface area contributed by atoms with Crippen LogP contribution in [0.4, 0.5) is 0 Å². The number of hydrogen-bond donors (Lipinski definition) is 0. The molecule has 3 rings (SSSR count). The number of aliphatic imine (C=N–C) groups is 1. The molecule has 0 aromatic heterocycles. The van der Waals surface area contributed by atoms with Crippen LogP contribution in [-0.4, -0.2) is 39.7 Å². The highest BCUT2D eigenvalue weighted by Gasteiger charge is 2.22. The summed E-state index contributed by atoms with van der Waals surface area (Å²) in [5.74, 6) is 2.98. The number of ether oxygens (including phenoxy) is 4. The number of benzene rings is 2. The van der Waals surface area contributed by atoms with E-state index in [9.17, 15) is 0 Å². The first-order chi connectivity index (χ1) is 13.1. The molecule has 5 heteroatoms. The largest absolute Gasteiger partial charge is 0.493 e. The molecule has 0 fully saturated rings. The fourth-order valence-corrected chi connectivity index (χ4v) is 3.49. The maximum Gasteiger partial charge on any atom is 0.161 e. The lowest BCUT2D eigenvalue weighted by atomic mass is 9.90. The minimum atomic E-state index is 0.232. The van der Waals surface area contributed by atoms with Crippen LogP contribution in [0.3, 0.4) is 0 Å². The van der Waals surface area contributed by atoms with Gasteiger partial charge in [-0.25, -0.2) is 0 Å². The van der Waals surface area contributed by atoms with Crippen molar-refractivity contribution in [3.05, 3.63) is 47.0 Å². The van der Waals surface area contributed by atoms with Gasteiger partial charge in [-0.05, 0) is 55.7 Å². The van der Waals surface area contributed by atoms with Crippen molar-refractivity contribution in [3.8, 4) is 23.0 Å². The molecule has 0 saturated heterocycles. The van der Waals surface area contributed by atoms with Gasteiger partial charge in [-0.3, -0.25) is 4.99 Å². The normalized spacial score (nSPS) is 15.6. The SMILES string of the molecule is CCOc1ccc(CC2=NC(C)Cc3cc(OC)c(OC)cc32)cc1OC. The van der Waals surface area contributed by atoms with E-state index in [0.29, 0.717) is 6.61 Å².